The van der Waals surface area contributed by atoms with Crippen LogP contribution in [-0.4, -0.2) is 66.2 Å². The molecule has 9 nitrogen and oxygen atoms in total. The zero-order valence-electron chi connectivity index (χ0n) is 28.6. The zero-order valence-corrected chi connectivity index (χ0v) is 28.6. The molecule has 3 aliphatic rings. The molecule has 3 aromatic rings. The maximum Gasteiger partial charge on any atom is 0.246 e. The predicted molar refractivity (Wildman–Crippen MR) is 187 cm³/mol. The van der Waals surface area contributed by atoms with Gasteiger partial charge >= 0.3 is 0 Å². The number of aliphatic hydroxyl groups excluding tert-OH is 1. The second-order valence-electron chi connectivity index (χ2n) is 14.1. The summed E-state index contributed by atoms with van der Waals surface area (Å²) >= 11 is 0. The lowest BCUT2D eigenvalue weighted by Crippen LogP contribution is -2.44. The van der Waals surface area contributed by atoms with Crippen LogP contribution in [0.25, 0.3) is 11.1 Å². The van der Waals surface area contributed by atoms with Crippen LogP contribution >= 0.6 is 0 Å². The fraction of sp³-hybridized carbons (Fsp3) is 0.564. The van der Waals surface area contributed by atoms with Gasteiger partial charge in [0.15, 0.2) is 0 Å². The van der Waals surface area contributed by atoms with Gasteiger partial charge in [-0.2, -0.15) is 5.10 Å². The monoisotopic (exact) mass is 656 g/mol. The van der Waals surface area contributed by atoms with Crippen molar-refractivity contribution in [3.05, 3.63) is 66.0 Å². The van der Waals surface area contributed by atoms with E-state index in [1.807, 2.05) is 6.20 Å². The van der Waals surface area contributed by atoms with Crippen LogP contribution in [0.15, 0.2) is 54.9 Å². The molecule has 2 aromatic carbocycles. The minimum atomic E-state index is -0.133. The summed E-state index contributed by atoms with van der Waals surface area (Å²) < 4.78 is 12.9. The molecule has 9 heteroatoms. The van der Waals surface area contributed by atoms with Gasteiger partial charge in [-0.1, -0.05) is 24.3 Å². The Labute approximate surface area is 285 Å². The highest BCUT2D eigenvalue weighted by Crippen LogP contribution is 2.39. The van der Waals surface area contributed by atoms with Gasteiger partial charge in [0.1, 0.15) is 12.4 Å². The highest BCUT2D eigenvalue weighted by Gasteiger charge is 2.33. The normalized spacial score (nSPS) is 22.6. The minimum absolute atomic E-state index is 0.00283. The molecule has 0 bridgehead atoms. The Morgan fingerprint density at radius 3 is 2.48 bits per heavy atom. The first kappa shape index (κ1) is 34.2. The van der Waals surface area contributed by atoms with Crippen molar-refractivity contribution in [3.63, 3.8) is 0 Å². The molecule has 0 unspecified atom stereocenters. The van der Waals surface area contributed by atoms with Crippen molar-refractivity contribution in [1.82, 2.24) is 15.1 Å². The molecule has 2 N–H and O–H groups in total. The van der Waals surface area contributed by atoms with Crippen LogP contribution in [0, 0.1) is 18.8 Å². The molecule has 1 aromatic heterocycles. The standard InChI is InChI=1S/C39H52N4O5/c1-27-21-32(13-18-37(27)47-2)29-9-7-28(8-10-29)24-42(36-6-3-5-31(22-36)33-23-40-43(25-33)35-16-17-35)39(46)30-11-14-34(15-12-30)41-38(45)26-48-20-4-19-44/h3,5-6,13,18,21-23,25,28-30,34-35,44H,4,7-12,14-17,19-20,24,26H2,1-2H3,(H,41,45). The van der Waals surface area contributed by atoms with Crippen LogP contribution in [-0.2, 0) is 14.3 Å². The lowest BCUT2D eigenvalue weighted by molar-refractivity contribution is -0.127. The maximum atomic E-state index is 14.4. The number of ether oxygens (including phenoxy) is 2. The van der Waals surface area contributed by atoms with Gasteiger partial charge in [0.05, 0.1) is 19.3 Å². The van der Waals surface area contributed by atoms with E-state index >= 15 is 0 Å². The minimum Gasteiger partial charge on any atom is -0.496 e. The van der Waals surface area contributed by atoms with Crippen molar-refractivity contribution < 1.29 is 24.2 Å². The van der Waals surface area contributed by atoms with Gasteiger partial charge in [0.2, 0.25) is 11.8 Å². The fourth-order valence-corrected chi connectivity index (χ4v) is 7.60. The van der Waals surface area contributed by atoms with E-state index in [-0.39, 0.29) is 37.0 Å². The first-order valence-electron chi connectivity index (χ1n) is 18.0. The van der Waals surface area contributed by atoms with E-state index in [9.17, 15) is 9.59 Å². The first-order chi connectivity index (χ1) is 23.4. The molecule has 3 saturated carbocycles. The van der Waals surface area contributed by atoms with Crippen LogP contribution in [0.3, 0.4) is 0 Å². The number of aryl methyl sites for hydroxylation is 1. The molecule has 0 aliphatic heterocycles. The number of benzene rings is 2. The highest BCUT2D eigenvalue weighted by molar-refractivity contribution is 5.95. The molecule has 3 fully saturated rings. The highest BCUT2D eigenvalue weighted by atomic mass is 16.5. The molecule has 1 heterocycles. The number of anilines is 1. The lowest BCUT2D eigenvalue weighted by Gasteiger charge is -2.36. The fourth-order valence-electron chi connectivity index (χ4n) is 7.60. The summed E-state index contributed by atoms with van der Waals surface area (Å²) in [4.78, 5) is 28.9. The van der Waals surface area contributed by atoms with E-state index in [1.54, 1.807) is 7.11 Å². The van der Waals surface area contributed by atoms with Crippen molar-refractivity contribution in [2.75, 3.05) is 38.4 Å². The maximum absolute atomic E-state index is 14.4. The first-order valence-corrected chi connectivity index (χ1v) is 18.0. The third-order valence-electron chi connectivity index (χ3n) is 10.6. The molecule has 2 amide bonds. The lowest BCUT2D eigenvalue weighted by atomic mass is 9.78. The smallest absolute Gasteiger partial charge is 0.246 e. The number of aromatic nitrogens is 2. The average Bonchev–Trinajstić information content (AvgIpc) is 3.85. The molecule has 0 atom stereocenters. The Morgan fingerprint density at radius 1 is 0.979 bits per heavy atom. The van der Waals surface area contributed by atoms with Gasteiger partial charge in [0.25, 0.3) is 0 Å². The van der Waals surface area contributed by atoms with E-state index in [0.717, 1.165) is 80.5 Å². The molecule has 0 saturated heterocycles. The zero-order chi connectivity index (χ0) is 33.5. The molecule has 0 spiro atoms. The molecule has 3 aliphatic carbocycles. The molecule has 0 radical (unpaired) electrons. The molecular formula is C39H52N4O5. The number of hydrogen-bond acceptors (Lipinski definition) is 6. The second kappa shape index (κ2) is 16.1. The van der Waals surface area contributed by atoms with Crippen molar-refractivity contribution in [3.8, 4) is 16.9 Å². The number of carbonyl (C=O) groups excluding carboxylic acids is 2. The van der Waals surface area contributed by atoms with Gasteiger partial charge in [-0.05, 0) is 124 Å². The second-order valence-corrected chi connectivity index (χ2v) is 14.1. The summed E-state index contributed by atoms with van der Waals surface area (Å²) in [7, 11) is 1.72. The summed E-state index contributed by atoms with van der Waals surface area (Å²) in [6.07, 6.45) is 14.5. The third kappa shape index (κ3) is 8.66. The number of nitrogens with one attached hydrogen (secondary N) is 1. The summed E-state index contributed by atoms with van der Waals surface area (Å²) in [5.41, 5.74) is 5.70. The largest absolute Gasteiger partial charge is 0.496 e. The number of rotatable bonds is 14. The number of carbonyl (C=O) groups is 2. The van der Waals surface area contributed by atoms with Crippen LogP contribution in [0.2, 0.25) is 0 Å². The number of amides is 2. The summed E-state index contributed by atoms with van der Waals surface area (Å²) in [5, 5.41) is 16.6. The predicted octanol–water partition coefficient (Wildman–Crippen LogP) is 6.58. The van der Waals surface area contributed by atoms with E-state index in [0.29, 0.717) is 30.9 Å². The van der Waals surface area contributed by atoms with Gasteiger partial charge in [-0.3, -0.25) is 14.3 Å². The molecular weight excluding hydrogens is 604 g/mol. The quantitative estimate of drug-likeness (QED) is 0.190. The van der Waals surface area contributed by atoms with E-state index in [1.165, 1.54) is 24.0 Å². The molecule has 6 rings (SSSR count). The van der Waals surface area contributed by atoms with E-state index in [2.05, 4.69) is 75.6 Å². The summed E-state index contributed by atoms with van der Waals surface area (Å²) in [5.74, 6) is 1.90. The third-order valence-corrected chi connectivity index (χ3v) is 10.6. The van der Waals surface area contributed by atoms with Crippen molar-refractivity contribution >= 4 is 17.5 Å². The Hall–Kier alpha value is -3.69. The van der Waals surface area contributed by atoms with E-state index in [4.69, 9.17) is 14.6 Å². The number of methoxy groups -OCH3 is 1. The number of aliphatic hydroxyl groups is 1. The number of hydrogen-bond donors (Lipinski definition) is 2. The molecule has 48 heavy (non-hydrogen) atoms. The van der Waals surface area contributed by atoms with Gasteiger partial charge in [0, 0.05) is 49.2 Å². The Balaban J connectivity index is 1.12. The van der Waals surface area contributed by atoms with Crippen molar-refractivity contribution in [2.45, 2.75) is 95.6 Å². The van der Waals surface area contributed by atoms with Crippen LogP contribution in [0.1, 0.15) is 93.7 Å². The Bertz CT molecular complexity index is 1520. The van der Waals surface area contributed by atoms with Crippen molar-refractivity contribution in [2.24, 2.45) is 11.8 Å². The SMILES string of the molecule is COc1ccc(C2CCC(CN(C(=O)C3CCC(NC(=O)COCCCO)CC3)c3cccc(-c4cnn(C5CC5)c4)c3)CC2)cc1C. The Kier molecular flexibility index (Phi) is 11.5. The van der Waals surface area contributed by atoms with E-state index < -0.39 is 0 Å². The Morgan fingerprint density at radius 2 is 1.77 bits per heavy atom. The van der Waals surface area contributed by atoms with Crippen LogP contribution < -0.4 is 15.0 Å². The van der Waals surface area contributed by atoms with Crippen LogP contribution in [0.5, 0.6) is 5.75 Å². The summed E-state index contributed by atoms with van der Waals surface area (Å²) in [6.45, 7) is 3.26. The molecule has 258 valence electrons. The topological polar surface area (TPSA) is 106 Å². The van der Waals surface area contributed by atoms with Gasteiger partial charge in [-0.25, -0.2) is 0 Å². The van der Waals surface area contributed by atoms with Crippen LogP contribution in [0.4, 0.5) is 5.69 Å². The summed E-state index contributed by atoms with van der Waals surface area (Å²) in [6, 6.07) is 15.6. The van der Waals surface area contributed by atoms with Gasteiger partial charge in [-0.15, -0.1) is 0 Å². The van der Waals surface area contributed by atoms with Gasteiger partial charge < -0.3 is 24.8 Å². The van der Waals surface area contributed by atoms with Crippen molar-refractivity contribution in [1.29, 1.82) is 0 Å². The number of nitrogens with zero attached hydrogens (tertiary/aromatic N) is 3. The average molecular weight is 657 g/mol.